The van der Waals surface area contributed by atoms with Crippen LogP contribution < -0.4 is 5.32 Å². The molecule has 4 rings (SSSR count). The molecule has 0 aliphatic rings. The topological polar surface area (TPSA) is 81.2 Å². The van der Waals surface area contributed by atoms with Gasteiger partial charge in [-0.15, -0.1) is 0 Å². The summed E-state index contributed by atoms with van der Waals surface area (Å²) in [5.41, 5.74) is 3.03. The van der Waals surface area contributed by atoms with E-state index in [-0.39, 0.29) is 6.54 Å². The van der Waals surface area contributed by atoms with Crippen molar-refractivity contribution in [2.24, 2.45) is 0 Å². The zero-order valence-corrected chi connectivity index (χ0v) is 18.2. The molecule has 160 valence electrons. The van der Waals surface area contributed by atoms with E-state index < -0.39 is 18.5 Å². The number of ether oxygens (including phenoxy) is 1. The predicted octanol–water partition coefficient (Wildman–Crippen LogP) is 5.08. The van der Waals surface area contributed by atoms with E-state index in [9.17, 15) is 9.59 Å². The highest BCUT2D eigenvalue weighted by atomic mass is 35.5. The van der Waals surface area contributed by atoms with E-state index in [2.05, 4.69) is 15.3 Å². The van der Waals surface area contributed by atoms with Gasteiger partial charge in [0.05, 0.1) is 16.8 Å². The van der Waals surface area contributed by atoms with Crippen LogP contribution in [-0.2, 0) is 16.1 Å². The number of benzene rings is 2. The number of hydrogen-bond acceptors (Lipinski definition) is 5. The summed E-state index contributed by atoms with van der Waals surface area (Å²) in [6.45, 7) is -0.237. The van der Waals surface area contributed by atoms with E-state index in [1.54, 1.807) is 48.8 Å². The molecule has 32 heavy (non-hydrogen) atoms. The molecule has 1 amide bonds. The van der Waals surface area contributed by atoms with Crippen LogP contribution in [0.15, 0.2) is 73.1 Å². The third kappa shape index (κ3) is 5.04. The fourth-order valence-corrected chi connectivity index (χ4v) is 3.60. The Morgan fingerprint density at radius 1 is 1.00 bits per heavy atom. The molecule has 0 spiro atoms. The number of pyridine rings is 2. The maximum atomic E-state index is 12.8. The Hall–Kier alpha value is -3.48. The van der Waals surface area contributed by atoms with Gasteiger partial charge in [0.15, 0.2) is 6.61 Å². The van der Waals surface area contributed by atoms with Crippen molar-refractivity contribution in [1.29, 1.82) is 0 Å². The second-order valence-corrected chi connectivity index (χ2v) is 7.75. The van der Waals surface area contributed by atoms with Gasteiger partial charge >= 0.3 is 5.97 Å². The van der Waals surface area contributed by atoms with Crippen molar-refractivity contribution in [3.63, 3.8) is 0 Å². The summed E-state index contributed by atoms with van der Waals surface area (Å²) in [5.74, 6) is -1.07. The minimum absolute atomic E-state index is 0.190. The molecule has 0 aliphatic carbocycles. The number of rotatable bonds is 6. The fourth-order valence-electron chi connectivity index (χ4n) is 3.13. The Morgan fingerprint density at radius 2 is 1.84 bits per heavy atom. The summed E-state index contributed by atoms with van der Waals surface area (Å²) in [6.07, 6.45) is 3.33. The Balaban J connectivity index is 1.48. The molecule has 8 heteroatoms. The van der Waals surface area contributed by atoms with E-state index in [1.807, 2.05) is 24.3 Å². The lowest BCUT2D eigenvalue weighted by atomic mass is 10.1. The molecule has 2 aromatic carbocycles. The number of nitrogens with zero attached hydrogens (tertiary/aromatic N) is 2. The number of esters is 1. The number of nitrogens with one attached hydrogen (secondary N) is 1. The minimum Gasteiger partial charge on any atom is -0.452 e. The normalized spacial score (nSPS) is 10.7. The first-order valence-electron chi connectivity index (χ1n) is 9.69. The lowest BCUT2D eigenvalue weighted by molar-refractivity contribution is -0.124. The number of carbonyl (C=O) groups is 2. The van der Waals surface area contributed by atoms with Gasteiger partial charge in [0.1, 0.15) is 0 Å². The highest BCUT2D eigenvalue weighted by Crippen LogP contribution is 2.25. The molecule has 2 heterocycles. The molecular weight excluding hydrogens is 449 g/mol. The minimum atomic E-state index is -0.617. The van der Waals surface area contributed by atoms with Crippen LogP contribution in [0, 0.1) is 0 Å². The first-order chi connectivity index (χ1) is 15.5. The van der Waals surface area contributed by atoms with E-state index >= 15 is 0 Å². The third-order valence-electron chi connectivity index (χ3n) is 4.72. The van der Waals surface area contributed by atoms with Crippen molar-refractivity contribution in [2.45, 2.75) is 6.54 Å². The Bertz CT molecular complexity index is 1300. The average molecular weight is 466 g/mol. The summed E-state index contributed by atoms with van der Waals surface area (Å²) in [7, 11) is 0. The molecule has 0 bridgehead atoms. The van der Waals surface area contributed by atoms with Crippen LogP contribution in [0.5, 0.6) is 0 Å². The smallest absolute Gasteiger partial charge is 0.339 e. The molecule has 0 saturated carbocycles. The van der Waals surface area contributed by atoms with Gasteiger partial charge in [-0.1, -0.05) is 47.5 Å². The van der Waals surface area contributed by atoms with Crippen LogP contribution >= 0.6 is 23.2 Å². The van der Waals surface area contributed by atoms with Gasteiger partial charge in [0, 0.05) is 39.9 Å². The second-order valence-electron chi connectivity index (χ2n) is 6.90. The molecule has 0 radical (unpaired) electrons. The van der Waals surface area contributed by atoms with Crippen molar-refractivity contribution in [3.05, 3.63) is 94.2 Å². The monoisotopic (exact) mass is 465 g/mol. The van der Waals surface area contributed by atoms with E-state index in [1.165, 1.54) is 0 Å². The standard InChI is InChI=1S/C24H17Cl2N3O3/c25-17-8-7-15(20(26)10-17)13-28-23(30)14-32-24(31)19-11-22(16-4-3-9-27-12-16)29-21-6-2-1-5-18(19)21/h1-12H,13-14H2,(H,28,30). The maximum absolute atomic E-state index is 12.8. The van der Waals surface area contributed by atoms with Gasteiger partial charge in [-0.25, -0.2) is 9.78 Å². The van der Waals surface area contributed by atoms with E-state index in [0.717, 1.165) is 5.56 Å². The Kier molecular flexibility index (Phi) is 6.63. The van der Waals surface area contributed by atoms with Gasteiger partial charge in [-0.3, -0.25) is 9.78 Å². The summed E-state index contributed by atoms with van der Waals surface area (Å²) < 4.78 is 5.28. The summed E-state index contributed by atoms with van der Waals surface area (Å²) >= 11 is 12.0. The van der Waals surface area contributed by atoms with Gasteiger partial charge in [-0.05, 0) is 42.0 Å². The predicted molar refractivity (Wildman–Crippen MR) is 124 cm³/mol. The molecule has 1 N–H and O–H groups in total. The maximum Gasteiger partial charge on any atom is 0.339 e. The number of carbonyl (C=O) groups excluding carboxylic acids is 2. The molecule has 0 fully saturated rings. The summed E-state index contributed by atoms with van der Waals surface area (Å²) in [4.78, 5) is 33.8. The van der Waals surface area contributed by atoms with E-state index in [0.29, 0.717) is 37.8 Å². The highest BCUT2D eigenvalue weighted by Gasteiger charge is 2.17. The molecule has 0 atom stereocenters. The fraction of sp³-hybridized carbons (Fsp3) is 0.0833. The molecule has 0 saturated heterocycles. The number of hydrogen-bond donors (Lipinski definition) is 1. The lowest BCUT2D eigenvalue weighted by Crippen LogP contribution is -2.28. The van der Waals surface area contributed by atoms with Crippen molar-refractivity contribution in [2.75, 3.05) is 6.61 Å². The molecule has 2 aromatic heterocycles. The number of amides is 1. The molecule has 0 aliphatic heterocycles. The molecular formula is C24H17Cl2N3O3. The number of aromatic nitrogens is 2. The first-order valence-corrected chi connectivity index (χ1v) is 10.4. The van der Waals surface area contributed by atoms with Gasteiger partial charge < -0.3 is 10.1 Å². The van der Waals surface area contributed by atoms with E-state index in [4.69, 9.17) is 27.9 Å². The highest BCUT2D eigenvalue weighted by molar-refractivity contribution is 6.35. The van der Waals surface area contributed by atoms with Crippen molar-refractivity contribution < 1.29 is 14.3 Å². The van der Waals surface area contributed by atoms with Crippen LogP contribution in [-0.4, -0.2) is 28.5 Å². The van der Waals surface area contributed by atoms with Crippen LogP contribution in [0.1, 0.15) is 15.9 Å². The largest absolute Gasteiger partial charge is 0.452 e. The van der Waals surface area contributed by atoms with Gasteiger partial charge in [0.2, 0.25) is 0 Å². The summed E-state index contributed by atoms with van der Waals surface area (Å²) in [6, 6.07) is 17.6. The summed E-state index contributed by atoms with van der Waals surface area (Å²) in [5, 5.41) is 4.27. The zero-order chi connectivity index (χ0) is 22.5. The SMILES string of the molecule is O=C(COC(=O)c1cc(-c2cccnc2)nc2ccccc12)NCc1ccc(Cl)cc1Cl. The number of para-hydroxylation sites is 1. The van der Waals surface area contributed by atoms with Crippen molar-refractivity contribution >= 4 is 46.0 Å². The second kappa shape index (κ2) is 9.77. The molecule has 6 nitrogen and oxygen atoms in total. The van der Waals surface area contributed by atoms with Crippen LogP contribution in [0.2, 0.25) is 10.0 Å². The first kappa shape index (κ1) is 21.7. The van der Waals surface area contributed by atoms with Crippen LogP contribution in [0.3, 0.4) is 0 Å². The quantitative estimate of drug-likeness (QED) is 0.401. The third-order valence-corrected chi connectivity index (χ3v) is 5.31. The van der Waals surface area contributed by atoms with Gasteiger partial charge in [0.25, 0.3) is 5.91 Å². The van der Waals surface area contributed by atoms with Crippen molar-refractivity contribution in [1.82, 2.24) is 15.3 Å². The Morgan fingerprint density at radius 3 is 2.62 bits per heavy atom. The van der Waals surface area contributed by atoms with Crippen LogP contribution in [0.4, 0.5) is 0 Å². The number of halogens is 2. The van der Waals surface area contributed by atoms with Gasteiger partial charge in [-0.2, -0.15) is 0 Å². The number of fused-ring (bicyclic) bond motifs is 1. The van der Waals surface area contributed by atoms with Crippen LogP contribution in [0.25, 0.3) is 22.2 Å². The average Bonchev–Trinajstić information content (AvgIpc) is 2.81. The molecule has 0 unspecified atom stereocenters. The lowest BCUT2D eigenvalue weighted by Gasteiger charge is -2.11. The molecule has 4 aromatic rings. The Labute approximate surface area is 194 Å². The van der Waals surface area contributed by atoms with Crippen molar-refractivity contribution in [3.8, 4) is 11.3 Å². The zero-order valence-electron chi connectivity index (χ0n) is 16.7.